The lowest BCUT2D eigenvalue weighted by Crippen LogP contribution is -2.38. The van der Waals surface area contributed by atoms with E-state index in [1.807, 2.05) is 20.9 Å². The van der Waals surface area contributed by atoms with E-state index < -0.39 is 0 Å². The van der Waals surface area contributed by atoms with Crippen molar-refractivity contribution in [1.82, 2.24) is 5.32 Å². The van der Waals surface area contributed by atoms with Gasteiger partial charge in [0, 0.05) is 18.7 Å². The van der Waals surface area contributed by atoms with Crippen molar-refractivity contribution in [2.24, 2.45) is 0 Å². The third kappa shape index (κ3) is 3.92. The molecule has 0 radical (unpaired) electrons. The molecule has 0 saturated heterocycles. The maximum Gasteiger partial charge on any atom is 0.203 e. The Morgan fingerprint density at radius 2 is 1.53 bits per heavy atom. The number of hydrogen-bond acceptors (Lipinski definition) is 5. The van der Waals surface area contributed by atoms with Gasteiger partial charge in [-0.1, -0.05) is 0 Å². The van der Waals surface area contributed by atoms with Gasteiger partial charge in [0.15, 0.2) is 11.5 Å². The zero-order valence-corrected chi connectivity index (χ0v) is 12.5. The average Bonchev–Trinajstić information content (AvgIpc) is 2.36. The minimum atomic E-state index is -0.334. The number of benzene rings is 1. The van der Waals surface area contributed by atoms with Gasteiger partial charge in [-0.25, -0.2) is 0 Å². The molecule has 1 aromatic carbocycles. The number of ether oxygens (including phenoxy) is 4. The predicted molar refractivity (Wildman–Crippen MR) is 74.7 cm³/mol. The van der Waals surface area contributed by atoms with Gasteiger partial charge in [-0.05, 0) is 20.9 Å². The van der Waals surface area contributed by atoms with E-state index in [0.29, 0.717) is 23.0 Å². The Kier molecular flexibility index (Phi) is 5.30. The fraction of sp³-hybridized carbons (Fsp3) is 0.571. The molecule has 0 amide bonds. The van der Waals surface area contributed by atoms with E-state index in [-0.39, 0.29) is 5.60 Å². The molecule has 0 fully saturated rings. The number of likely N-dealkylation sites (N-methyl/N-ethyl adjacent to an activating group) is 1. The van der Waals surface area contributed by atoms with Crippen LogP contribution in [0.5, 0.6) is 23.0 Å². The number of methoxy groups -OCH3 is 3. The van der Waals surface area contributed by atoms with Crippen LogP contribution in [0.4, 0.5) is 0 Å². The molecule has 0 aromatic heterocycles. The van der Waals surface area contributed by atoms with Gasteiger partial charge in [0.1, 0.15) is 11.4 Å². The van der Waals surface area contributed by atoms with Crippen LogP contribution in [-0.4, -0.2) is 40.5 Å². The van der Waals surface area contributed by atoms with Crippen LogP contribution in [0.25, 0.3) is 0 Å². The molecule has 0 aliphatic heterocycles. The van der Waals surface area contributed by atoms with Crippen LogP contribution >= 0.6 is 0 Å². The second kappa shape index (κ2) is 6.52. The van der Waals surface area contributed by atoms with E-state index in [0.717, 1.165) is 6.54 Å². The molecule has 0 saturated carbocycles. The first-order chi connectivity index (χ1) is 8.97. The first-order valence-corrected chi connectivity index (χ1v) is 6.11. The minimum absolute atomic E-state index is 0.334. The zero-order valence-electron chi connectivity index (χ0n) is 12.5. The van der Waals surface area contributed by atoms with E-state index in [1.165, 1.54) is 0 Å². The molecule has 108 valence electrons. The molecule has 1 rings (SSSR count). The lowest BCUT2D eigenvalue weighted by molar-refractivity contribution is 0.109. The molecule has 0 unspecified atom stereocenters. The van der Waals surface area contributed by atoms with Crippen molar-refractivity contribution < 1.29 is 18.9 Å². The van der Waals surface area contributed by atoms with Gasteiger partial charge in [0.25, 0.3) is 0 Å². The van der Waals surface area contributed by atoms with Crippen molar-refractivity contribution in [3.05, 3.63) is 12.1 Å². The van der Waals surface area contributed by atoms with Crippen LogP contribution in [0.15, 0.2) is 12.1 Å². The molecule has 1 aromatic rings. The fourth-order valence-corrected chi connectivity index (χ4v) is 1.90. The maximum atomic E-state index is 5.95. The SMILES string of the molecule is CNCC(C)(C)Oc1cc(OC)c(OC)c(OC)c1. The monoisotopic (exact) mass is 269 g/mol. The average molecular weight is 269 g/mol. The van der Waals surface area contributed by atoms with E-state index in [4.69, 9.17) is 18.9 Å². The summed E-state index contributed by atoms with van der Waals surface area (Å²) in [5, 5.41) is 3.10. The molecule has 0 aliphatic carbocycles. The molecule has 0 atom stereocenters. The quantitative estimate of drug-likeness (QED) is 0.821. The summed E-state index contributed by atoms with van der Waals surface area (Å²) in [6.07, 6.45) is 0. The minimum Gasteiger partial charge on any atom is -0.493 e. The van der Waals surface area contributed by atoms with Crippen molar-refractivity contribution in [1.29, 1.82) is 0 Å². The first kappa shape index (κ1) is 15.4. The second-order valence-corrected chi connectivity index (χ2v) is 4.75. The van der Waals surface area contributed by atoms with Crippen LogP contribution in [0.3, 0.4) is 0 Å². The van der Waals surface area contributed by atoms with Crippen molar-refractivity contribution in [2.45, 2.75) is 19.4 Å². The zero-order chi connectivity index (χ0) is 14.5. The van der Waals surface area contributed by atoms with Gasteiger partial charge < -0.3 is 24.3 Å². The third-order valence-corrected chi connectivity index (χ3v) is 2.63. The highest BCUT2D eigenvalue weighted by Crippen LogP contribution is 2.41. The fourth-order valence-electron chi connectivity index (χ4n) is 1.90. The second-order valence-electron chi connectivity index (χ2n) is 4.75. The van der Waals surface area contributed by atoms with Gasteiger partial charge in [-0.3, -0.25) is 0 Å². The normalized spacial score (nSPS) is 11.1. The summed E-state index contributed by atoms with van der Waals surface area (Å²) in [6, 6.07) is 3.58. The smallest absolute Gasteiger partial charge is 0.203 e. The summed E-state index contributed by atoms with van der Waals surface area (Å²) in [7, 11) is 6.63. The van der Waals surface area contributed by atoms with Crippen molar-refractivity contribution in [3.8, 4) is 23.0 Å². The summed E-state index contributed by atoms with van der Waals surface area (Å²) in [6.45, 7) is 4.74. The maximum absolute atomic E-state index is 5.95. The molecule has 0 heterocycles. The molecular formula is C14H23NO4. The Balaban J connectivity index is 3.09. The highest BCUT2D eigenvalue weighted by atomic mass is 16.5. The molecule has 1 N–H and O–H groups in total. The summed E-state index contributed by atoms with van der Waals surface area (Å²) in [5.41, 5.74) is -0.334. The van der Waals surface area contributed by atoms with E-state index in [9.17, 15) is 0 Å². The Labute approximate surface area is 114 Å². The van der Waals surface area contributed by atoms with E-state index in [2.05, 4.69) is 5.32 Å². The Hall–Kier alpha value is -1.62. The molecule has 19 heavy (non-hydrogen) atoms. The lowest BCUT2D eigenvalue weighted by Gasteiger charge is -2.27. The van der Waals surface area contributed by atoms with Crippen LogP contribution in [0, 0.1) is 0 Å². The molecular weight excluding hydrogens is 246 g/mol. The van der Waals surface area contributed by atoms with Crippen LogP contribution in [-0.2, 0) is 0 Å². The highest BCUT2D eigenvalue weighted by Gasteiger charge is 2.21. The van der Waals surface area contributed by atoms with Gasteiger partial charge in [0.2, 0.25) is 5.75 Å². The largest absolute Gasteiger partial charge is 0.493 e. The summed E-state index contributed by atoms with van der Waals surface area (Å²) < 4.78 is 21.8. The molecule has 0 spiro atoms. The van der Waals surface area contributed by atoms with Gasteiger partial charge in [-0.2, -0.15) is 0 Å². The number of nitrogens with one attached hydrogen (secondary N) is 1. The van der Waals surface area contributed by atoms with Gasteiger partial charge in [-0.15, -0.1) is 0 Å². The Morgan fingerprint density at radius 3 is 1.89 bits per heavy atom. The molecule has 5 nitrogen and oxygen atoms in total. The first-order valence-electron chi connectivity index (χ1n) is 6.11. The van der Waals surface area contributed by atoms with Gasteiger partial charge in [0.05, 0.1) is 21.3 Å². The molecule has 0 bridgehead atoms. The third-order valence-electron chi connectivity index (χ3n) is 2.63. The highest BCUT2D eigenvalue weighted by molar-refractivity contribution is 5.56. The summed E-state index contributed by atoms with van der Waals surface area (Å²) in [5.74, 6) is 2.40. The summed E-state index contributed by atoms with van der Waals surface area (Å²) in [4.78, 5) is 0. The van der Waals surface area contributed by atoms with Gasteiger partial charge >= 0.3 is 0 Å². The topological polar surface area (TPSA) is 49.0 Å². The van der Waals surface area contributed by atoms with E-state index >= 15 is 0 Å². The van der Waals surface area contributed by atoms with Crippen LogP contribution < -0.4 is 24.3 Å². The van der Waals surface area contributed by atoms with E-state index in [1.54, 1.807) is 33.5 Å². The molecule has 0 aliphatic rings. The van der Waals surface area contributed by atoms with Crippen molar-refractivity contribution in [2.75, 3.05) is 34.9 Å². The van der Waals surface area contributed by atoms with Crippen molar-refractivity contribution >= 4 is 0 Å². The molecule has 5 heteroatoms. The summed E-state index contributed by atoms with van der Waals surface area (Å²) >= 11 is 0. The lowest BCUT2D eigenvalue weighted by atomic mass is 10.1. The number of rotatable bonds is 7. The predicted octanol–water partition coefficient (Wildman–Crippen LogP) is 2.09. The Morgan fingerprint density at radius 1 is 1.00 bits per heavy atom. The van der Waals surface area contributed by atoms with Crippen molar-refractivity contribution in [3.63, 3.8) is 0 Å². The van der Waals surface area contributed by atoms with Crippen LogP contribution in [0.2, 0.25) is 0 Å². The number of hydrogen-bond donors (Lipinski definition) is 1. The standard InChI is InChI=1S/C14H23NO4/c1-14(2,9-15-3)19-10-7-11(16-4)13(18-6)12(8-10)17-5/h7-8,15H,9H2,1-6H3. The van der Waals surface area contributed by atoms with Crippen LogP contribution in [0.1, 0.15) is 13.8 Å². The Bertz CT molecular complexity index is 393.